The third-order valence-electron chi connectivity index (χ3n) is 2.69. The van der Waals surface area contributed by atoms with E-state index in [2.05, 4.69) is 4.90 Å². The highest BCUT2D eigenvalue weighted by Gasteiger charge is 2.08. The molecule has 0 amide bonds. The van der Waals surface area contributed by atoms with E-state index in [1.54, 1.807) is 0 Å². The molecule has 0 unspecified atom stereocenters. The van der Waals surface area contributed by atoms with Gasteiger partial charge in [-0.2, -0.15) is 0 Å². The molecule has 0 saturated carbocycles. The van der Waals surface area contributed by atoms with E-state index in [4.69, 9.17) is 16.3 Å². The number of piperidine rings is 1. The number of rotatable bonds is 6. The summed E-state index contributed by atoms with van der Waals surface area (Å²) in [6.07, 6.45) is 6.10. The zero-order chi connectivity index (χ0) is 10.9. The Hall–Kier alpha value is -0.280. The Morgan fingerprint density at radius 2 is 1.93 bits per heavy atom. The molecule has 4 heteroatoms. The number of likely N-dealkylation sites (tertiary alicyclic amines) is 1. The summed E-state index contributed by atoms with van der Waals surface area (Å²) >= 11 is 5.30. The van der Waals surface area contributed by atoms with Crippen LogP contribution in [0.2, 0.25) is 0 Å². The van der Waals surface area contributed by atoms with Gasteiger partial charge in [-0.3, -0.25) is 4.79 Å². The van der Waals surface area contributed by atoms with Crippen molar-refractivity contribution in [3.05, 3.63) is 0 Å². The van der Waals surface area contributed by atoms with Gasteiger partial charge >= 0.3 is 5.97 Å². The minimum absolute atomic E-state index is 0.0356. The van der Waals surface area contributed by atoms with Crippen LogP contribution in [0.5, 0.6) is 0 Å². The van der Waals surface area contributed by atoms with Crippen molar-refractivity contribution in [2.24, 2.45) is 0 Å². The largest absolute Gasteiger partial charge is 0.465 e. The third kappa shape index (κ3) is 6.00. The first-order chi connectivity index (χ1) is 7.33. The molecule has 3 nitrogen and oxygen atoms in total. The Kier molecular flexibility index (Phi) is 6.77. The molecule has 1 aliphatic rings. The summed E-state index contributed by atoms with van der Waals surface area (Å²) in [4.78, 5) is 13.2. The van der Waals surface area contributed by atoms with E-state index >= 15 is 0 Å². The lowest BCUT2D eigenvalue weighted by Crippen LogP contribution is -2.30. The van der Waals surface area contributed by atoms with Gasteiger partial charge in [0.05, 0.1) is 6.61 Å². The van der Waals surface area contributed by atoms with Gasteiger partial charge in [-0.25, -0.2) is 0 Å². The molecule has 0 aromatic rings. The van der Waals surface area contributed by atoms with Gasteiger partial charge < -0.3 is 9.64 Å². The maximum atomic E-state index is 10.7. The fourth-order valence-electron chi connectivity index (χ4n) is 1.85. The van der Waals surface area contributed by atoms with Gasteiger partial charge in [0.25, 0.3) is 0 Å². The number of alkyl halides is 1. The Balaban J connectivity index is 1.89. The number of ether oxygens (including phenoxy) is 1. The van der Waals surface area contributed by atoms with Gasteiger partial charge in [0, 0.05) is 0 Å². The monoisotopic (exact) mass is 233 g/mol. The van der Waals surface area contributed by atoms with E-state index in [-0.39, 0.29) is 11.8 Å². The average Bonchev–Trinajstić information content (AvgIpc) is 2.29. The lowest BCUT2D eigenvalue weighted by Gasteiger charge is -2.26. The van der Waals surface area contributed by atoms with Gasteiger partial charge in [0.2, 0.25) is 0 Å². The van der Waals surface area contributed by atoms with E-state index in [0.29, 0.717) is 6.61 Å². The molecule has 1 aliphatic heterocycles. The van der Waals surface area contributed by atoms with Crippen LogP contribution >= 0.6 is 11.6 Å². The van der Waals surface area contributed by atoms with Gasteiger partial charge in [-0.1, -0.05) is 6.42 Å². The van der Waals surface area contributed by atoms with E-state index in [0.717, 1.165) is 19.4 Å². The van der Waals surface area contributed by atoms with Crippen LogP contribution in [0.1, 0.15) is 32.1 Å². The molecule has 0 N–H and O–H groups in total. The summed E-state index contributed by atoms with van der Waals surface area (Å²) in [5, 5.41) is 0. The van der Waals surface area contributed by atoms with Crippen molar-refractivity contribution in [3.63, 3.8) is 0 Å². The molecule has 1 rings (SSSR count). The van der Waals surface area contributed by atoms with Crippen LogP contribution in [0.3, 0.4) is 0 Å². The van der Waals surface area contributed by atoms with Gasteiger partial charge in [0.15, 0.2) is 0 Å². The number of nitrogens with zero attached hydrogens (tertiary/aromatic N) is 1. The first-order valence-corrected chi connectivity index (χ1v) is 6.30. The molecule has 1 saturated heterocycles. The molecule has 15 heavy (non-hydrogen) atoms. The summed E-state index contributed by atoms with van der Waals surface area (Å²) in [6, 6.07) is 0. The third-order valence-corrected chi connectivity index (χ3v) is 2.91. The summed E-state index contributed by atoms with van der Waals surface area (Å²) in [6.45, 7) is 4.13. The van der Waals surface area contributed by atoms with Crippen molar-refractivity contribution in [1.29, 1.82) is 0 Å². The molecule has 0 aliphatic carbocycles. The molecular formula is C11H20ClNO2. The van der Waals surface area contributed by atoms with Gasteiger partial charge in [0.1, 0.15) is 5.88 Å². The fraction of sp³-hybridized carbons (Fsp3) is 0.909. The predicted octanol–water partition coefficient (Wildman–Crippen LogP) is 2.03. The van der Waals surface area contributed by atoms with Crippen molar-refractivity contribution in [2.75, 3.05) is 32.1 Å². The molecule has 1 heterocycles. The van der Waals surface area contributed by atoms with E-state index in [1.807, 2.05) is 0 Å². The normalized spacial score (nSPS) is 17.7. The molecular weight excluding hydrogens is 214 g/mol. The molecule has 0 radical (unpaired) electrons. The quantitative estimate of drug-likeness (QED) is 0.400. The minimum atomic E-state index is -0.311. The highest BCUT2D eigenvalue weighted by atomic mass is 35.5. The highest BCUT2D eigenvalue weighted by molar-refractivity contribution is 6.26. The van der Waals surface area contributed by atoms with Crippen molar-refractivity contribution in [1.82, 2.24) is 4.90 Å². The SMILES string of the molecule is O=C(CCl)OCCCCN1CCCCC1. The fourth-order valence-corrected chi connectivity index (χ4v) is 1.92. The second-order valence-electron chi connectivity index (χ2n) is 3.96. The Morgan fingerprint density at radius 1 is 1.20 bits per heavy atom. The van der Waals surface area contributed by atoms with Crippen molar-refractivity contribution < 1.29 is 9.53 Å². The van der Waals surface area contributed by atoms with Crippen LogP contribution < -0.4 is 0 Å². The van der Waals surface area contributed by atoms with Crippen molar-refractivity contribution in [2.45, 2.75) is 32.1 Å². The molecule has 0 aromatic heterocycles. The molecule has 0 spiro atoms. The first-order valence-electron chi connectivity index (χ1n) is 5.77. The number of halogens is 1. The highest BCUT2D eigenvalue weighted by Crippen LogP contribution is 2.09. The smallest absolute Gasteiger partial charge is 0.320 e. The van der Waals surface area contributed by atoms with Crippen molar-refractivity contribution >= 4 is 17.6 Å². The maximum absolute atomic E-state index is 10.7. The molecule has 1 fully saturated rings. The van der Waals surface area contributed by atoms with Crippen LogP contribution in [0.25, 0.3) is 0 Å². The van der Waals surface area contributed by atoms with Gasteiger partial charge in [-0.15, -0.1) is 11.6 Å². The number of carbonyl (C=O) groups is 1. The zero-order valence-corrected chi connectivity index (χ0v) is 9.97. The molecule has 0 atom stereocenters. The zero-order valence-electron chi connectivity index (χ0n) is 9.21. The van der Waals surface area contributed by atoms with E-state index in [9.17, 15) is 4.79 Å². The summed E-state index contributed by atoms with van der Waals surface area (Å²) < 4.78 is 4.89. The summed E-state index contributed by atoms with van der Waals surface area (Å²) in [7, 11) is 0. The van der Waals surface area contributed by atoms with Crippen LogP contribution in [-0.2, 0) is 9.53 Å². The number of hydrogen-bond donors (Lipinski definition) is 0. The number of carbonyl (C=O) groups excluding carboxylic acids is 1. The summed E-state index contributed by atoms with van der Waals surface area (Å²) in [5.74, 6) is -0.346. The Bertz CT molecular complexity index is 181. The van der Waals surface area contributed by atoms with Crippen LogP contribution in [-0.4, -0.2) is 43.0 Å². The number of hydrogen-bond acceptors (Lipinski definition) is 3. The predicted molar refractivity (Wildman–Crippen MR) is 61.2 cm³/mol. The topological polar surface area (TPSA) is 29.5 Å². The van der Waals surface area contributed by atoms with Crippen LogP contribution in [0.4, 0.5) is 0 Å². The molecule has 0 bridgehead atoms. The average molecular weight is 234 g/mol. The van der Waals surface area contributed by atoms with Crippen molar-refractivity contribution in [3.8, 4) is 0 Å². The lowest BCUT2D eigenvalue weighted by molar-refractivity contribution is -0.140. The van der Waals surface area contributed by atoms with Crippen LogP contribution in [0, 0.1) is 0 Å². The lowest BCUT2D eigenvalue weighted by atomic mass is 10.1. The number of unbranched alkanes of at least 4 members (excludes halogenated alkanes) is 1. The van der Waals surface area contributed by atoms with Crippen LogP contribution in [0.15, 0.2) is 0 Å². The Labute approximate surface area is 96.7 Å². The minimum Gasteiger partial charge on any atom is -0.465 e. The van der Waals surface area contributed by atoms with E-state index < -0.39 is 0 Å². The first kappa shape index (κ1) is 12.8. The number of esters is 1. The second-order valence-corrected chi connectivity index (χ2v) is 4.23. The molecule has 0 aromatic carbocycles. The summed E-state index contributed by atoms with van der Waals surface area (Å²) in [5.41, 5.74) is 0. The van der Waals surface area contributed by atoms with E-state index in [1.165, 1.54) is 32.4 Å². The second kappa shape index (κ2) is 7.94. The molecule has 88 valence electrons. The Morgan fingerprint density at radius 3 is 2.60 bits per heavy atom. The standard InChI is InChI=1S/C11H20ClNO2/c12-10-11(14)15-9-5-4-8-13-6-2-1-3-7-13/h1-10H2. The maximum Gasteiger partial charge on any atom is 0.320 e. The van der Waals surface area contributed by atoms with Gasteiger partial charge in [-0.05, 0) is 45.3 Å².